The number of hydrazine groups is 1. The third-order valence-electron chi connectivity index (χ3n) is 4.88. The number of carbonyl (C=O) groups is 4. The highest BCUT2D eigenvalue weighted by Gasteiger charge is 2.31. The van der Waals surface area contributed by atoms with E-state index in [0.717, 1.165) is 0 Å². The Morgan fingerprint density at radius 3 is 2.57 bits per heavy atom. The van der Waals surface area contributed by atoms with Crippen LogP contribution in [0.1, 0.15) is 25.7 Å². The molecule has 1 saturated heterocycles. The molecule has 200 valence electrons. The lowest BCUT2D eigenvalue weighted by Gasteiger charge is -2.18. The number of aliphatic hydroxyl groups is 1. The van der Waals surface area contributed by atoms with Gasteiger partial charge in [0.15, 0.2) is 9.84 Å². The maximum Gasteiger partial charge on any atom is 0.322 e. The quantitative estimate of drug-likeness (QED) is 0.0495. The van der Waals surface area contributed by atoms with Crippen molar-refractivity contribution in [3.05, 3.63) is 5.21 Å². The van der Waals surface area contributed by atoms with E-state index in [1.165, 1.54) is 5.01 Å². The molecule has 3 atom stereocenters. The summed E-state index contributed by atoms with van der Waals surface area (Å²) in [6.45, 7) is -1.32. The molecule has 0 bridgehead atoms. The van der Waals surface area contributed by atoms with Crippen molar-refractivity contribution in [3.63, 3.8) is 0 Å². The first-order valence-corrected chi connectivity index (χ1v) is 12.3. The van der Waals surface area contributed by atoms with Crippen molar-refractivity contribution in [1.29, 1.82) is 0 Å². The Kier molecular flexibility index (Phi) is 12.1. The molecule has 0 aromatic heterocycles. The molecule has 2 amide bonds. The number of carbonyl (C=O) groups excluding carboxylic acids is 2. The van der Waals surface area contributed by atoms with Crippen molar-refractivity contribution in [3.8, 4) is 0 Å². The van der Waals surface area contributed by atoms with Crippen LogP contribution in [0.5, 0.6) is 0 Å². The van der Waals surface area contributed by atoms with E-state index < -0.39 is 82.8 Å². The fourth-order valence-corrected chi connectivity index (χ4v) is 4.25. The lowest BCUT2D eigenvalue weighted by atomic mass is 10.1. The molecular weight excluding hydrogens is 496 g/mol. The van der Waals surface area contributed by atoms with Crippen LogP contribution in [0, 0.1) is 5.21 Å². The van der Waals surface area contributed by atoms with Gasteiger partial charge in [0.25, 0.3) is 0 Å². The van der Waals surface area contributed by atoms with Gasteiger partial charge < -0.3 is 41.7 Å². The Hall–Kier alpha value is -3.25. The summed E-state index contributed by atoms with van der Waals surface area (Å²) in [5.74, 6) is -6.35. The second kappa shape index (κ2) is 14.2. The summed E-state index contributed by atoms with van der Waals surface area (Å²) >= 11 is 0. The van der Waals surface area contributed by atoms with Crippen molar-refractivity contribution >= 4 is 33.6 Å². The molecule has 35 heavy (non-hydrogen) atoms. The van der Waals surface area contributed by atoms with Crippen molar-refractivity contribution in [2.24, 2.45) is 11.0 Å². The van der Waals surface area contributed by atoms with Crippen LogP contribution in [0.25, 0.3) is 0 Å². The molecule has 1 fully saturated rings. The zero-order valence-corrected chi connectivity index (χ0v) is 19.6. The van der Waals surface area contributed by atoms with Crippen LogP contribution in [0.4, 0.5) is 0 Å². The molecule has 0 spiro atoms. The molecule has 0 aromatic rings. The predicted molar refractivity (Wildman–Crippen MR) is 115 cm³/mol. The number of aliphatic hydroxyl groups excluding tert-OH is 1. The van der Waals surface area contributed by atoms with E-state index in [9.17, 15) is 37.9 Å². The van der Waals surface area contributed by atoms with E-state index in [0.29, 0.717) is 19.4 Å². The summed E-state index contributed by atoms with van der Waals surface area (Å²) < 4.78 is 24.8. The summed E-state index contributed by atoms with van der Waals surface area (Å²) in [5.41, 5.74) is 5.30. The van der Waals surface area contributed by atoms with Crippen LogP contribution in [-0.4, -0.2) is 113 Å². The number of rotatable bonds is 16. The molecule has 0 aromatic carbocycles. The SMILES string of the molecule is N[C@@H](CCC(=O)N[C@@H](CS(=O)(=O)CCO/N=[N+](\[O-])N1CCC[C@H]1CO)C(=O)NCC(=O)O)C(=O)O. The maximum absolute atomic E-state index is 12.4. The summed E-state index contributed by atoms with van der Waals surface area (Å²) in [6, 6.07) is -3.46. The monoisotopic (exact) mass is 526 g/mol. The minimum Gasteiger partial charge on any atom is -0.569 e. The lowest BCUT2D eigenvalue weighted by molar-refractivity contribution is -0.714. The lowest BCUT2D eigenvalue weighted by Crippen LogP contribution is -2.51. The van der Waals surface area contributed by atoms with Gasteiger partial charge >= 0.3 is 11.9 Å². The molecule has 1 rings (SSSR count). The number of carboxylic acid groups (broad SMARTS) is 2. The Bertz CT molecular complexity index is 897. The first-order chi connectivity index (χ1) is 16.4. The molecule has 1 heterocycles. The van der Waals surface area contributed by atoms with Crippen molar-refractivity contribution in [1.82, 2.24) is 15.6 Å². The van der Waals surface area contributed by atoms with E-state index in [1.807, 2.05) is 5.32 Å². The minimum absolute atomic E-state index is 0.116. The Morgan fingerprint density at radius 2 is 1.97 bits per heavy atom. The highest BCUT2D eigenvalue weighted by molar-refractivity contribution is 7.91. The number of nitrogens with zero attached hydrogens (tertiary/aromatic N) is 3. The average molecular weight is 527 g/mol. The normalized spacial score (nSPS) is 17.9. The van der Waals surface area contributed by atoms with Gasteiger partial charge in [-0.15, -0.1) is 5.01 Å². The second-order valence-corrected chi connectivity index (χ2v) is 9.87. The first-order valence-electron chi connectivity index (χ1n) is 10.5. The molecule has 0 radical (unpaired) electrons. The van der Waals surface area contributed by atoms with Crippen LogP contribution in [0.15, 0.2) is 5.28 Å². The van der Waals surface area contributed by atoms with E-state index >= 15 is 0 Å². The standard InChI is InChI=1S/C17H30N6O11S/c18-12(17(29)30)3-4-14(25)20-13(16(28)19-8-15(26)27)10-35(32,33)7-6-34-21-23(31)22-5-1-2-11(22)9-24/h11-13,24H,1-10,18H2,(H,19,28)(H,20,25)(H,26,27)(H,29,30)/b23-21-/t11-,12-,13-/m0/s1. The van der Waals surface area contributed by atoms with Gasteiger partial charge in [-0.3, -0.25) is 19.2 Å². The van der Waals surface area contributed by atoms with E-state index in [4.69, 9.17) is 20.8 Å². The number of amides is 2. The second-order valence-electron chi connectivity index (χ2n) is 7.64. The van der Waals surface area contributed by atoms with Crippen LogP contribution in [0.2, 0.25) is 0 Å². The van der Waals surface area contributed by atoms with Gasteiger partial charge in [-0.05, 0) is 19.3 Å². The molecule has 18 heteroatoms. The molecular formula is C17H30N6O11S. The zero-order valence-electron chi connectivity index (χ0n) is 18.7. The van der Waals surface area contributed by atoms with Gasteiger partial charge in [-0.1, -0.05) is 0 Å². The van der Waals surface area contributed by atoms with Gasteiger partial charge in [0.05, 0.1) is 29.6 Å². The van der Waals surface area contributed by atoms with Crippen LogP contribution in [-0.2, 0) is 33.9 Å². The Morgan fingerprint density at radius 1 is 1.29 bits per heavy atom. The number of sulfone groups is 1. The summed E-state index contributed by atoms with van der Waals surface area (Å²) in [7, 11) is -4.09. The fourth-order valence-electron chi connectivity index (χ4n) is 3.02. The number of aliphatic carboxylic acids is 2. The average Bonchev–Trinajstić information content (AvgIpc) is 3.26. The predicted octanol–water partition coefficient (Wildman–Crippen LogP) is -3.46. The third kappa shape index (κ3) is 11.1. The third-order valence-corrected chi connectivity index (χ3v) is 6.51. The smallest absolute Gasteiger partial charge is 0.322 e. The van der Waals surface area contributed by atoms with E-state index in [1.54, 1.807) is 0 Å². The topological polar surface area (TPSA) is 264 Å². The van der Waals surface area contributed by atoms with Gasteiger partial charge in [-0.25, -0.2) is 8.42 Å². The first kappa shape index (κ1) is 29.8. The van der Waals surface area contributed by atoms with Crippen molar-refractivity contribution in [2.45, 2.75) is 43.8 Å². The molecule has 1 aliphatic rings. The van der Waals surface area contributed by atoms with E-state index in [2.05, 4.69) is 10.6 Å². The highest BCUT2D eigenvalue weighted by atomic mass is 32.2. The zero-order chi connectivity index (χ0) is 26.6. The number of nitrogens with one attached hydrogen (secondary N) is 2. The molecule has 1 aliphatic heterocycles. The maximum atomic E-state index is 12.4. The highest BCUT2D eigenvalue weighted by Crippen LogP contribution is 2.16. The molecule has 0 saturated carbocycles. The summed E-state index contributed by atoms with van der Waals surface area (Å²) in [5, 5.41) is 47.1. The largest absolute Gasteiger partial charge is 0.569 e. The molecule has 17 nitrogen and oxygen atoms in total. The molecule has 0 unspecified atom stereocenters. The number of nitrogens with two attached hydrogens (primary N) is 1. The van der Waals surface area contributed by atoms with E-state index in [-0.39, 0.29) is 18.0 Å². The summed E-state index contributed by atoms with van der Waals surface area (Å²) in [6.07, 6.45) is 0.529. The van der Waals surface area contributed by atoms with Crippen molar-refractivity contribution < 1.29 is 52.7 Å². The number of hydrogen-bond acceptors (Lipinski definition) is 11. The van der Waals surface area contributed by atoms with Crippen LogP contribution >= 0.6 is 0 Å². The van der Waals surface area contributed by atoms with Crippen molar-refractivity contribution in [2.75, 3.05) is 37.8 Å². The Labute approximate surface area is 200 Å². The van der Waals surface area contributed by atoms with Crippen LogP contribution in [0.3, 0.4) is 0 Å². The molecule has 0 aliphatic carbocycles. The van der Waals surface area contributed by atoms with Gasteiger partial charge in [-0.2, -0.15) is 0 Å². The fraction of sp³-hybridized carbons (Fsp3) is 0.765. The molecule has 7 N–H and O–H groups in total. The summed E-state index contributed by atoms with van der Waals surface area (Å²) in [4.78, 5) is 50.6. The minimum atomic E-state index is -4.09. The van der Waals surface area contributed by atoms with Crippen LogP contribution < -0.4 is 16.4 Å². The van der Waals surface area contributed by atoms with Gasteiger partial charge in [0, 0.05) is 6.42 Å². The van der Waals surface area contributed by atoms with Gasteiger partial charge in [0.2, 0.25) is 17.1 Å². The Balaban J connectivity index is 2.70. The number of carboxylic acids is 2. The number of hydrogen-bond donors (Lipinski definition) is 6. The van der Waals surface area contributed by atoms with Gasteiger partial charge in [0.1, 0.15) is 31.3 Å².